The van der Waals surface area contributed by atoms with Crippen molar-refractivity contribution in [1.29, 1.82) is 5.26 Å². The highest BCUT2D eigenvalue weighted by Gasteiger charge is 2.16. The largest absolute Gasteiger partial charge is 0.490 e. The van der Waals surface area contributed by atoms with Crippen LogP contribution in [0, 0.1) is 11.3 Å². The number of hydrogen-bond acceptors (Lipinski definition) is 5. The van der Waals surface area contributed by atoms with Gasteiger partial charge in [0.15, 0.2) is 11.5 Å². The number of imidazole rings is 1. The van der Waals surface area contributed by atoms with Crippen molar-refractivity contribution in [2.24, 2.45) is 7.05 Å². The summed E-state index contributed by atoms with van der Waals surface area (Å²) in [5.41, 5.74) is 1.49. The van der Waals surface area contributed by atoms with Crippen molar-refractivity contribution in [1.82, 2.24) is 9.13 Å². The molecule has 0 atom stereocenters. The fourth-order valence-corrected chi connectivity index (χ4v) is 2.73. The van der Waals surface area contributed by atoms with Crippen molar-refractivity contribution >= 4 is 17.0 Å². The molecule has 3 rings (SSSR count). The Bertz CT molecular complexity index is 1070. The highest BCUT2D eigenvalue weighted by Crippen LogP contribution is 2.28. The minimum Gasteiger partial charge on any atom is -0.490 e. The maximum absolute atomic E-state index is 12.4. The Labute approximate surface area is 149 Å². The van der Waals surface area contributed by atoms with Crippen LogP contribution in [0.4, 0.5) is 0 Å². The zero-order chi connectivity index (χ0) is 18.7. The van der Waals surface area contributed by atoms with Crippen molar-refractivity contribution in [3.63, 3.8) is 0 Å². The van der Waals surface area contributed by atoms with E-state index < -0.39 is 5.97 Å². The molecule has 1 heterocycles. The van der Waals surface area contributed by atoms with E-state index in [2.05, 4.69) is 0 Å². The van der Waals surface area contributed by atoms with Crippen molar-refractivity contribution in [3.8, 4) is 17.6 Å². The second-order valence-electron chi connectivity index (χ2n) is 5.60. The summed E-state index contributed by atoms with van der Waals surface area (Å²) in [6, 6.07) is 13.8. The number of hydrogen-bond donors (Lipinski definition) is 0. The fraction of sp³-hybridized carbons (Fsp3) is 0.211. The number of ether oxygens (including phenoxy) is 2. The quantitative estimate of drug-likeness (QED) is 0.520. The van der Waals surface area contributed by atoms with Crippen molar-refractivity contribution in [2.75, 3.05) is 6.61 Å². The van der Waals surface area contributed by atoms with Crippen LogP contribution in [-0.4, -0.2) is 21.7 Å². The van der Waals surface area contributed by atoms with Crippen LogP contribution in [0.5, 0.6) is 11.5 Å². The standard InChI is InChI=1S/C19H17N3O4/c1-3-25-17-10-13(11-20)8-9-16(17)26-18(23)12-22-15-7-5-4-6-14(15)21(2)19(22)24/h4-10H,3,12H2,1-2H3. The zero-order valence-electron chi connectivity index (χ0n) is 14.4. The molecule has 0 radical (unpaired) electrons. The first-order chi connectivity index (χ1) is 12.5. The lowest BCUT2D eigenvalue weighted by molar-refractivity contribution is -0.135. The predicted octanol–water partition coefficient (Wildman–Crippen LogP) is 2.22. The lowest BCUT2D eigenvalue weighted by Gasteiger charge is -2.11. The second-order valence-corrected chi connectivity index (χ2v) is 5.60. The molecule has 0 saturated carbocycles. The summed E-state index contributed by atoms with van der Waals surface area (Å²) in [5, 5.41) is 8.98. The summed E-state index contributed by atoms with van der Waals surface area (Å²) >= 11 is 0. The lowest BCUT2D eigenvalue weighted by Crippen LogP contribution is -2.27. The van der Waals surface area contributed by atoms with Crippen LogP contribution in [0.1, 0.15) is 12.5 Å². The molecule has 2 aromatic carbocycles. The average molecular weight is 351 g/mol. The minimum absolute atomic E-state index is 0.212. The number of rotatable bonds is 5. The molecular weight excluding hydrogens is 334 g/mol. The topological polar surface area (TPSA) is 86.2 Å². The summed E-state index contributed by atoms with van der Waals surface area (Å²) in [5.74, 6) is -0.0802. The maximum Gasteiger partial charge on any atom is 0.331 e. The number of aryl methyl sites for hydroxylation is 1. The molecule has 0 amide bonds. The van der Waals surface area contributed by atoms with Gasteiger partial charge in [-0.15, -0.1) is 0 Å². The van der Waals surface area contributed by atoms with Gasteiger partial charge in [0.25, 0.3) is 0 Å². The van der Waals surface area contributed by atoms with Gasteiger partial charge in [0, 0.05) is 13.1 Å². The Morgan fingerprint density at radius 1 is 1.15 bits per heavy atom. The van der Waals surface area contributed by atoms with Crippen LogP contribution < -0.4 is 15.2 Å². The Hall–Kier alpha value is -3.53. The van der Waals surface area contributed by atoms with Gasteiger partial charge in [-0.25, -0.2) is 9.59 Å². The van der Waals surface area contributed by atoms with Crippen LogP contribution in [0.15, 0.2) is 47.3 Å². The van der Waals surface area contributed by atoms with Gasteiger partial charge in [-0.2, -0.15) is 5.26 Å². The zero-order valence-corrected chi connectivity index (χ0v) is 14.4. The van der Waals surface area contributed by atoms with Crippen LogP contribution in [0.3, 0.4) is 0 Å². The molecule has 1 aromatic heterocycles. The molecule has 7 nitrogen and oxygen atoms in total. The van der Waals surface area contributed by atoms with E-state index in [0.717, 1.165) is 5.52 Å². The Morgan fingerprint density at radius 3 is 2.58 bits per heavy atom. The van der Waals surface area contributed by atoms with Crippen molar-refractivity contribution in [3.05, 3.63) is 58.5 Å². The molecule has 0 N–H and O–H groups in total. The van der Waals surface area contributed by atoms with Gasteiger partial charge in [0.2, 0.25) is 0 Å². The van der Waals surface area contributed by atoms with E-state index in [1.807, 2.05) is 18.2 Å². The Kier molecular flexibility index (Phi) is 4.76. The van der Waals surface area contributed by atoms with E-state index in [0.29, 0.717) is 23.4 Å². The van der Waals surface area contributed by atoms with Crippen LogP contribution in [-0.2, 0) is 18.4 Å². The van der Waals surface area contributed by atoms with Gasteiger partial charge in [-0.3, -0.25) is 9.13 Å². The van der Waals surface area contributed by atoms with Gasteiger partial charge < -0.3 is 9.47 Å². The molecule has 0 aliphatic heterocycles. The highest BCUT2D eigenvalue weighted by atomic mass is 16.6. The first-order valence-corrected chi connectivity index (χ1v) is 8.07. The normalized spacial score (nSPS) is 10.5. The smallest absolute Gasteiger partial charge is 0.331 e. The number of aromatic nitrogens is 2. The molecule has 0 unspecified atom stereocenters. The monoisotopic (exact) mass is 351 g/mol. The molecule has 0 fully saturated rings. The molecule has 0 saturated heterocycles. The van der Waals surface area contributed by atoms with Gasteiger partial charge in [-0.05, 0) is 31.2 Å². The third-order valence-electron chi connectivity index (χ3n) is 3.94. The number of carbonyl (C=O) groups is 1. The number of para-hydroxylation sites is 2. The first kappa shape index (κ1) is 17.3. The van der Waals surface area contributed by atoms with Crippen molar-refractivity contribution in [2.45, 2.75) is 13.5 Å². The third-order valence-corrected chi connectivity index (χ3v) is 3.94. The minimum atomic E-state index is -0.603. The molecule has 0 aliphatic carbocycles. The average Bonchev–Trinajstić information content (AvgIpc) is 2.88. The van der Waals surface area contributed by atoms with Crippen LogP contribution >= 0.6 is 0 Å². The maximum atomic E-state index is 12.4. The molecule has 0 bridgehead atoms. The number of esters is 1. The molecule has 7 heteroatoms. The van der Waals surface area contributed by atoms with Gasteiger partial charge >= 0.3 is 11.7 Å². The van der Waals surface area contributed by atoms with E-state index in [-0.39, 0.29) is 18.0 Å². The van der Waals surface area contributed by atoms with E-state index in [1.54, 1.807) is 26.1 Å². The van der Waals surface area contributed by atoms with Crippen LogP contribution in [0.25, 0.3) is 11.0 Å². The summed E-state index contributed by atoms with van der Waals surface area (Å²) < 4.78 is 13.6. The van der Waals surface area contributed by atoms with E-state index >= 15 is 0 Å². The number of nitrogens with zero attached hydrogens (tertiary/aromatic N) is 3. The lowest BCUT2D eigenvalue weighted by atomic mass is 10.2. The van der Waals surface area contributed by atoms with Crippen LogP contribution in [0.2, 0.25) is 0 Å². The summed E-state index contributed by atoms with van der Waals surface area (Å²) in [6.07, 6.45) is 0. The molecule has 0 aliphatic rings. The molecule has 132 valence electrons. The Morgan fingerprint density at radius 2 is 1.88 bits per heavy atom. The summed E-state index contributed by atoms with van der Waals surface area (Å²) in [6.45, 7) is 1.92. The highest BCUT2D eigenvalue weighted by molar-refractivity contribution is 5.79. The van der Waals surface area contributed by atoms with E-state index in [9.17, 15) is 9.59 Å². The Balaban J connectivity index is 1.88. The first-order valence-electron chi connectivity index (χ1n) is 8.07. The predicted molar refractivity (Wildman–Crippen MR) is 95.1 cm³/mol. The van der Waals surface area contributed by atoms with Gasteiger partial charge in [-0.1, -0.05) is 12.1 Å². The molecule has 0 spiro atoms. The van der Waals surface area contributed by atoms with E-state index in [4.69, 9.17) is 14.7 Å². The number of nitriles is 1. The number of carbonyl (C=O) groups excluding carboxylic acids is 1. The van der Waals surface area contributed by atoms with Gasteiger partial charge in [0.1, 0.15) is 6.54 Å². The molecule has 3 aromatic rings. The van der Waals surface area contributed by atoms with Crippen molar-refractivity contribution < 1.29 is 14.3 Å². The number of fused-ring (bicyclic) bond motifs is 1. The van der Waals surface area contributed by atoms with E-state index in [1.165, 1.54) is 27.3 Å². The van der Waals surface area contributed by atoms with Gasteiger partial charge in [0.05, 0.1) is 29.3 Å². The number of benzene rings is 2. The SMILES string of the molecule is CCOc1cc(C#N)ccc1OC(=O)Cn1c(=O)n(C)c2ccccc21. The molecular formula is C19H17N3O4. The summed E-state index contributed by atoms with van der Waals surface area (Å²) in [7, 11) is 1.65. The fourth-order valence-electron chi connectivity index (χ4n) is 2.73. The summed E-state index contributed by atoms with van der Waals surface area (Å²) in [4.78, 5) is 24.8. The second kappa shape index (κ2) is 7.15. The third kappa shape index (κ3) is 3.17. The molecule has 26 heavy (non-hydrogen) atoms.